The number of ether oxygens (including phenoxy) is 1. The fourth-order valence-electron chi connectivity index (χ4n) is 1.69. The second kappa shape index (κ2) is 12.9. The maximum atomic E-state index is 10.0. The van der Waals surface area contributed by atoms with Crippen molar-refractivity contribution in [1.29, 1.82) is 0 Å². The van der Waals surface area contributed by atoms with E-state index in [1.165, 1.54) is 0 Å². The highest BCUT2D eigenvalue weighted by Gasteiger charge is 2.10. The Bertz CT molecular complexity index is 518. The summed E-state index contributed by atoms with van der Waals surface area (Å²) >= 11 is 11.9. The van der Waals surface area contributed by atoms with Crippen LogP contribution in [0.15, 0.2) is 23.2 Å². The molecule has 0 radical (unpaired) electrons. The number of hydrogen-bond donors (Lipinski definition) is 3. The summed E-state index contributed by atoms with van der Waals surface area (Å²) in [5.74, 6) is 1.13. The third-order valence-electron chi connectivity index (χ3n) is 3.15. The Labute approximate surface area is 171 Å². The Morgan fingerprint density at radius 2 is 2.04 bits per heavy atom. The standard InChI is InChI=1S/C16H25Cl2N3O2.HI/c1-4-11(3)21-16(19-5-2)20-9-12(22)10-23-14-8-6-7-13(17)15(14)18;/h6-8,11-12,22H,4-5,9-10H2,1-3H3,(H2,19,20,21);1H. The average molecular weight is 490 g/mol. The summed E-state index contributed by atoms with van der Waals surface area (Å²) in [4.78, 5) is 4.36. The van der Waals surface area contributed by atoms with E-state index in [4.69, 9.17) is 27.9 Å². The smallest absolute Gasteiger partial charge is 0.191 e. The van der Waals surface area contributed by atoms with Gasteiger partial charge in [-0.2, -0.15) is 0 Å². The number of nitrogens with zero attached hydrogens (tertiary/aromatic N) is 1. The molecule has 5 nitrogen and oxygen atoms in total. The SMILES string of the molecule is CCNC(=NCC(O)COc1cccc(Cl)c1Cl)NC(C)CC.I. The summed E-state index contributed by atoms with van der Waals surface area (Å²) in [6.07, 6.45) is 0.251. The lowest BCUT2D eigenvalue weighted by Gasteiger charge is -2.17. The van der Waals surface area contributed by atoms with Crippen LogP contribution in [-0.2, 0) is 0 Å². The summed E-state index contributed by atoms with van der Waals surface area (Å²) in [6.45, 7) is 7.24. The number of hydrogen-bond acceptors (Lipinski definition) is 3. The van der Waals surface area contributed by atoms with Gasteiger partial charge in [-0.05, 0) is 32.4 Å². The van der Waals surface area contributed by atoms with E-state index < -0.39 is 6.10 Å². The number of guanidine groups is 1. The summed E-state index contributed by atoms with van der Waals surface area (Å²) < 4.78 is 5.50. The molecule has 0 aliphatic heterocycles. The van der Waals surface area contributed by atoms with E-state index in [0.717, 1.165) is 13.0 Å². The molecule has 0 aliphatic carbocycles. The molecule has 0 fully saturated rings. The van der Waals surface area contributed by atoms with Gasteiger partial charge in [0.2, 0.25) is 0 Å². The predicted molar refractivity (Wildman–Crippen MR) is 112 cm³/mol. The van der Waals surface area contributed by atoms with E-state index >= 15 is 0 Å². The molecular weight excluding hydrogens is 464 g/mol. The molecule has 2 unspecified atom stereocenters. The van der Waals surface area contributed by atoms with Crippen LogP contribution < -0.4 is 15.4 Å². The third kappa shape index (κ3) is 8.60. The molecule has 0 spiro atoms. The summed E-state index contributed by atoms with van der Waals surface area (Å²) in [5.41, 5.74) is 0. The molecule has 138 valence electrons. The van der Waals surface area contributed by atoms with E-state index in [1.807, 2.05) is 6.92 Å². The van der Waals surface area contributed by atoms with Crippen molar-refractivity contribution in [3.63, 3.8) is 0 Å². The van der Waals surface area contributed by atoms with Crippen LogP contribution in [0.2, 0.25) is 10.0 Å². The zero-order chi connectivity index (χ0) is 17.2. The molecule has 0 saturated carbocycles. The van der Waals surface area contributed by atoms with Crippen LogP contribution in [0.3, 0.4) is 0 Å². The second-order valence-electron chi connectivity index (χ2n) is 5.19. The minimum Gasteiger partial charge on any atom is -0.489 e. The fraction of sp³-hybridized carbons (Fsp3) is 0.562. The molecule has 0 heterocycles. The highest BCUT2D eigenvalue weighted by molar-refractivity contribution is 14.0. The number of aliphatic hydroxyl groups is 1. The van der Waals surface area contributed by atoms with Crippen molar-refractivity contribution < 1.29 is 9.84 Å². The van der Waals surface area contributed by atoms with Crippen LogP contribution >= 0.6 is 47.2 Å². The maximum absolute atomic E-state index is 10.0. The summed E-state index contributed by atoms with van der Waals surface area (Å²) in [7, 11) is 0. The van der Waals surface area contributed by atoms with Crippen LogP contribution in [0.25, 0.3) is 0 Å². The maximum Gasteiger partial charge on any atom is 0.191 e. The van der Waals surface area contributed by atoms with Crippen molar-refractivity contribution >= 4 is 53.1 Å². The summed E-state index contributed by atoms with van der Waals surface area (Å²) in [6, 6.07) is 5.44. The molecule has 2 atom stereocenters. The van der Waals surface area contributed by atoms with Gasteiger partial charge in [0.25, 0.3) is 0 Å². The van der Waals surface area contributed by atoms with Gasteiger partial charge in [0.15, 0.2) is 5.96 Å². The molecule has 0 saturated heterocycles. The molecule has 1 rings (SSSR count). The fourth-order valence-corrected chi connectivity index (χ4v) is 2.03. The van der Waals surface area contributed by atoms with E-state index in [9.17, 15) is 5.11 Å². The Morgan fingerprint density at radius 3 is 2.67 bits per heavy atom. The number of nitrogens with one attached hydrogen (secondary N) is 2. The van der Waals surface area contributed by atoms with Gasteiger partial charge >= 0.3 is 0 Å². The number of rotatable bonds is 8. The normalized spacial score (nSPS) is 13.7. The molecule has 0 aliphatic rings. The zero-order valence-corrected chi connectivity index (χ0v) is 18.0. The Hall–Kier alpha value is -0.440. The monoisotopic (exact) mass is 489 g/mol. The van der Waals surface area contributed by atoms with Gasteiger partial charge in [0.05, 0.1) is 11.6 Å². The lowest BCUT2D eigenvalue weighted by Crippen LogP contribution is -2.42. The number of aliphatic hydroxyl groups excluding tert-OH is 1. The van der Waals surface area contributed by atoms with Crippen molar-refractivity contribution in [3.05, 3.63) is 28.2 Å². The van der Waals surface area contributed by atoms with Gasteiger partial charge in [-0.25, -0.2) is 0 Å². The molecule has 24 heavy (non-hydrogen) atoms. The molecule has 1 aromatic carbocycles. The second-order valence-corrected chi connectivity index (χ2v) is 5.98. The van der Waals surface area contributed by atoms with Crippen LogP contribution in [0.5, 0.6) is 5.75 Å². The zero-order valence-electron chi connectivity index (χ0n) is 14.2. The first kappa shape index (κ1) is 23.6. The highest BCUT2D eigenvalue weighted by Crippen LogP contribution is 2.31. The van der Waals surface area contributed by atoms with Gasteiger partial charge in [-0.3, -0.25) is 4.99 Å². The number of benzene rings is 1. The van der Waals surface area contributed by atoms with E-state index in [2.05, 4.69) is 29.5 Å². The van der Waals surface area contributed by atoms with Crippen LogP contribution in [0.4, 0.5) is 0 Å². The van der Waals surface area contributed by atoms with Crippen LogP contribution in [-0.4, -0.2) is 42.9 Å². The Morgan fingerprint density at radius 1 is 1.33 bits per heavy atom. The Balaban J connectivity index is 0.00000529. The molecule has 0 amide bonds. The van der Waals surface area contributed by atoms with E-state index in [1.54, 1.807) is 18.2 Å². The van der Waals surface area contributed by atoms with Gasteiger partial charge in [-0.1, -0.05) is 36.2 Å². The van der Waals surface area contributed by atoms with Gasteiger partial charge in [0.1, 0.15) is 23.5 Å². The first-order chi connectivity index (χ1) is 11.0. The average Bonchev–Trinajstić information content (AvgIpc) is 2.54. The Kier molecular flexibility index (Phi) is 12.6. The highest BCUT2D eigenvalue weighted by atomic mass is 127. The van der Waals surface area contributed by atoms with Crippen molar-refractivity contribution in [2.24, 2.45) is 4.99 Å². The van der Waals surface area contributed by atoms with Crippen LogP contribution in [0.1, 0.15) is 27.2 Å². The molecule has 0 bridgehead atoms. The predicted octanol–water partition coefficient (Wildman–Crippen LogP) is 3.70. The lowest BCUT2D eigenvalue weighted by molar-refractivity contribution is 0.114. The molecule has 8 heteroatoms. The minimum atomic E-state index is -0.738. The van der Waals surface area contributed by atoms with E-state index in [0.29, 0.717) is 27.8 Å². The topological polar surface area (TPSA) is 65.9 Å². The quantitative estimate of drug-likeness (QED) is 0.296. The summed E-state index contributed by atoms with van der Waals surface area (Å²) in [5, 5.41) is 17.2. The minimum absolute atomic E-state index is 0. The molecular formula is C16H26Cl2IN3O2. The first-order valence-corrected chi connectivity index (χ1v) is 8.53. The van der Waals surface area contributed by atoms with Crippen molar-refractivity contribution in [1.82, 2.24) is 10.6 Å². The third-order valence-corrected chi connectivity index (χ3v) is 3.95. The van der Waals surface area contributed by atoms with Crippen molar-refractivity contribution in [2.45, 2.75) is 39.3 Å². The van der Waals surface area contributed by atoms with Crippen LogP contribution in [0, 0.1) is 0 Å². The lowest BCUT2D eigenvalue weighted by atomic mass is 10.3. The first-order valence-electron chi connectivity index (χ1n) is 7.77. The molecule has 3 N–H and O–H groups in total. The van der Waals surface area contributed by atoms with Gasteiger partial charge in [0, 0.05) is 12.6 Å². The van der Waals surface area contributed by atoms with Crippen molar-refractivity contribution in [3.8, 4) is 5.75 Å². The van der Waals surface area contributed by atoms with E-state index in [-0.39, 0.29) is 37.1 Å². The van der Waals surface area contributed by atoms with Gasteiger partial charge < -0.3 is 20.5 Å². The molecule has 1 aromatic rings. The number of halogens is 3. The van der Waals surface area contributed by atoms with Crippen molar-refractivity contribution in [2.75, 3.05) is 19.7 Å². The molecule has 0 aromatic heterocycles. The number of aliphatic imine (C=N–C) groups is 1. The van der Waals surface area contributed by atoms with Gasteiger partial charge in [-0.15, -0.1) is 24.0 Å². The largest absolute Gasteiger partial charge is 0.489 e.